The summed E-state index contributed by atoms with van der Waals surface area (Å²) in [6.07, 6.45) is 5.21. The molecule has 0 aliphatic heterocycles. The summed E-state index contributed by atoms with van der Waals surface area (Å²) < 4.78 is 5.12. The quantitative estimate of drug-likeness (QED) is 0.728. The molecule has 0 bridgehead atoms. The molecule has 90 valence electrons. The van der Waals surface area contributed by atoms with Gasteiger partial charge in [0.15, 0.2) is 0 Å². The molecule has 1 aliphatic carbocycles. The second kappa shape index (κ2) is 7.20. The van der Waals surface area contributed by atoms with Crippen molar-refractivity contribution in [2.45, 2.75) is 38.6 Å². The van der Waals surface area contributed by atoms with Crippen LogP contribution >= 0.6 is 0 Å². The topological polar surface area (TPSA) is 38.5 Å². The number of nitrogens with zero attached hydrogens (tertiary/aromatic N) is 1. The van der Waals surface area contributed by atoms with Crippen LogP contribution in [-0.4, -0.2) is 44.3 Å². The van der Waals surface area contributed by atoms with E-state index in [1.165, 1.54) is 25.7 Å². The molecule has 1 aliphatic rings. The third-order valence-corrected chi connectivity index (χ3v) is 3.52. The van der Waals surface area contributed by atoms with Gasteiger partial charge in [-0.25, -0.2) is 0 Å². The van der Waals surface area contributed by atoms with Gasteiger partial charge in [-0.3, -0.25) is 0 Å². The summed E-state index contributed by atoms with van der Waals surface area (Å²) in [4.78, 5) is 2.46. The largest absolute Gasteiger partial charge is 0.383 e. The Kier molecular flexibility index (Phi) is 6.22. The zero-order valence-corrected chi connectivity index (χ0v) is 10.2. The van der Waals surface area contributed by atoms with Gasteiger partial charge in [-0.05, 0) is 25.3 Å². The molecule has 2 unspecified atom stereocenters. The van der Waals surface area contributed by atoms with Crippen LogP contribution in [0.25, 0.3) is 0 Å². The van der Waals surface area contributed by atoms with Gasteiger partial charge in [0.25, 0.3) is 0 Å². The minimum absolute atomic E-state index is 0.426. The first-order valence-electron chi connectivity index (χ1n) is 6.24. The Morgan fingerprint density at radius 2 is 2.07 bits per heavy atom. The lowest BCUT2D eigenvalue weighted by Crippen LogP contribution is -2.42. The summed E-state index contributed by atoms with van der Waals surface area (Å²) in [5, 5.41) is 0. The first kappa shape index (κ1) is 12.9. The molecule has 0 heterocycles. The van der Waals surface area contributed by atoms with Crippen LogP contribution in [0.4, 0.5) is 0 Å². The molecule has 2 N–H and O–H groups in total. The molecule has 1 rings (SSSR count). The number of nitrogens with two attached hydrogens (primary N) is 1. The Labute approximate surface area is 94.0 Å². The van der Waals surface area contributed by atoms with Gasteiger partial charge in [-0.2, -0.15) is 0 Å². The average molecular weight is 214 g/mol. The molecule has 1 fully saturated rings. The first-order chi connectivity index (χ1) is 7.27. The fraction of sp³-hybridized carbons (Fsp3) is 1.00. The van der Waals surface area contributed by atoms with Gasteiger partial charge in [0.2, 0.25) is 0 Å². The third kappa shape index (κ3) is 4.49. The lowest BCUT2D eigenvalue weighted by atomic mass is 9.85. The number of likely N-dealkylation sites (N-methyl/N-ethyl adjacent to an activating group) is 1. The number of hydrogen-bond acceptors (Lipinski definition) is 3. The van der Waals surface area contributed by atoms with E-state index < -0.39 is 0 Å². The molecule has 0 spiro atoms. The van der Waals surface area contributed by atoms with Crippen LogP contribution in [0.15, 0.2) is 0 Å². The molecule has 15 heavy (non-hydrogen) atoms. The summed E-state index contributed by atoms with van der Waals surface area (Å²) in [5.41, 5.74) is 6.15. The molecule has 2 atom stereocenters. The molecular weight excluding hydrogens is 188 g/mol. The molecule has 3 heteroatoms. The van der Waals surface area contributed by atoms with E-state index in [9.17, 15) is 0 Å². The smallest absolute Gasteiger partial charge is 0.0589 e. The van der Waals surface area contributed by atoms with Crippen molar-refractivity contribution in [3.05, 3.63) is 0 Å². The van der Waals surface area contributed by atoms with Crippen molar-refractivity contribution in [1.82, 2.24) is 4.90 Å². The minimum Gasteiger partial charge on any atom is -0.383 e. The standard InChI is InChI=1S/C12H26N2O/c1-3-14(8-9-15-2)10-11-6-4-5-7-12(11)13/h11-12H,3-10,13H2,1-2H3. The summed E-state index contributed by atoms with van der Waals surface area (Å²) >= 11 is 0. The van der Waals surface area contributed by atoms with Crippen molar-refractivity contribution in [1.29, 1.82) is 0 Å². The van der Waals surface area contributed by atoms with Gasteiger partial charge in [0.1, 0.15) is 0 Å². The Morgan fingerprint density at radius 3 is 2.67 bits per heavy atom. The second-order valence-corrected chi connectivity index (χ2v) is 4.59. The third-order valence-electron chi connectivity index (χ3n) is 3.52. The van der Waals surface area contributed by atoms with E-state index in [0.717, 1.165) is 26.2 Å². The predicted molar refractivity (Wildman–Crippen MR) is 63.9 cm³/mol. The highest BCUT2D eigenvalue weighted by molar-refractivity contribution is 4.80. The van der Waals surface area contributed by atoms with Crippen molar-refractivity contribution < 1.29 is 4.74 Å². The maximum absolute atomic E-state index is 6.15. The minimum atomic E-state index is 0.426. The maximum atomic E-state index is 6.15. The van der Waals surface area contributed by atoms with Crippen molar-refractivity contribution in [3.63, 3.8) is 0 Å². The maximum Gasteiger partial charge on any atom is 0.0589 e. The summed E-state index contributed by atoms with van der Waals surface area (Å²) in [6.45, 7) is 6.34. The van der Waals surface area contributed by atoms with E-state index in [2.05, 4.69) is 11.8 Å². The molecule has 0 amide bonds. The highest BCUT2D eigenvalue weighted by atomic mass is 16.5. The van der Waals surface area contributed by atoms with Crippen LogP contribution in [0.5, 0.6) is 0 Å². The van der Waals surface area contributed by atoms with Gasteiger partial charge in [0.05, 0.1) is 6.61 Å². The Bertz CT molecular complexity index is 164. The van der Waals surface area contributed by atoms with E-state index in [4.69, 9.17) is 10.5 Å². The lowest BCUT2D eigenvalue weighted by Gasteiger charge is -2.33. The highest BCUT2D eigenvalue weighted by Crippen LogP contribution is 2.23. The Balaban J connectivity index is 2.29. The Morgan fingerprint density at radius 1 is 1.33 bits per heavy atom. The zero-order valence-electron chi connectivity index (χ0n) is 10.2. The molecule has 1 saturated carbocycles. The second-order valence-electron chi connectivity index (χ2n) is 4.59. The van der Waals surface area contributed by atoms with Crippen molar-refractivity contribution in [3.8, 4) is 0 Å². The molecule has 0 aromatic rings. The van der Waals surface area contributed by atoms with Crippen LogP contribution < -0.4 is 5.73 Å². The number of methoxy groups -OCH3 is 1. The van der Waals surface area contributed by atoms with Gasteiger partial charge >= 0.3 is 0 Å². The predicted octanol–water partition coefficient (Wildman–Crippen LogP) is 1.47. The fourth-order valence-electron chi connectivity index (χ4n) is 2.39. The van der Waals surface area contributed by atoms with E-state index in [1.54, 1.807) is 7.11 Å². The molecular formula is C12H26N2O. The first-order valence-corrected chi connectivity index (χ1v) is 6.24. The number of ether oxygens (including phenoxy) is 1. The van der Waals surface area contributed by atoms with Crippen LogP contribution in [0.1, 0.15) is 32.6 Å². The average Bonchev–Trinajstić information content (AvgIpc) is 2.26. The Hall–Kier alpha value is -0.120. The van der Waals surface area contributed by atoms with Crippen LogP contribution in [0.3, 0.4) is 0 Å². The van der Waals surface area contributed by atoms with E-state index >= 15 is 0 Å². The summed E-state index contributed by atoms with van der Waals surface area (Å²) in [5.74, 6) is 0.704. The monoisotopic (exact) mass is 214 g/mol. The van der Waals surface area contributed by atoms with E-state index in [-0.39, 0.29) is 0 Å². The van der Waals surface area contributed by atoms with E-state index in [1.807, 2.05) is 0 Å². The normalized spacial score (nSPS) is 27.2. The van der Waals surface area contributed by atoms with Crippen molar-refractivity contribution >= 4 is 0 Å². The number of hydrogen-bond donors (Lipinski definition) is 1. The van der Waals surface area contributed by atoms with Crippen molar-refractivity contribution in [2.24, 2.45) is 11.7 Å². The zero-order chi connectivity index (χ0) is 11.1. The molecule has 0 saturated heterocycles. The van der Waals surface area contributed by atoms with E-state index in [0.29, 0.717) is 12.0 Å². The van der Waals surface area contributed by atoms with Gasteiger partial charge < -0.3 is 15.4 Å². The number of rotatable bonds is 6. The summed E-state index contributed by atoms with van der Waals surface area (Å²) in [7, 11) is 1.76. The highest BCUT2D eigenvalue weighted by Gasteiger charge is 2.23. The lowest BCUT2D eigenvalue weighted by molar-refractivity contribution is 0.128. The van der Waals surface area contributed by atoms with Gasteiger partial charge in [-0.1, -0.05) is 19.8 Å². The SMILES string of the molecule is CCN(CCOC)CC1CCCCC1N. The summed E-state index contributed by atoms with van der Waals surface area (Å²) in [6, 6.07) is 0.426. The van der Waals surface area contributed by atoms with Crippen LogP contribution in [-0.2, 0) is 4.74 Å². The molecule has 0 radical (unpaired) electrons. The molecule has 0 aromatic carbocycles. The molecule has 0 aromatic heterocycles. The van der Waals surface area contributed by atoms with Gasteiger partial charge in [0, 0.05) is 26.2 Å². The van der Waals surface area contributed by atoms with Gasteiger partial charge in [-0.15, -0.1) is 0 Å². The van der Waals surface area contributed by atoms with Crippen LogP contribution in [0, 0.1) is 5.92 Å². The van der Waals surface area contributed by atoms with Crippen LogP contribution in [0.2, 0.25) is 0 Å². The van der Waals surface area contributed by atoms with Crippen molar-refractivity contribution in [2.75, 3.05) is 33.4 Å². The fourth-order valence-corrected chi connectivity index (χ4v) is 2.39. The molecule has 3 nitrogen and oxygen atoms in total.